The van der Waals surface area contributed by atoms with Crippen LogP contribution in [0.4, 0.5) is 11.9 Å². The quantitative estimate of drug-likeness (QED) is 0.834. The molecule has 1 aliphatic heterocycles. The van der Waals surface area contributed by atoms with Crippen LogP contribution in [0, 0.1) is 0 Å². The molecule has 2 rings (SSSR count). The van der Waals surface area contributed by atoms with Gasteiger partial charge in [0.25, 0.3) is 0 Å². The van der Waals surface area contributed by atoms with E-state index >= 15 is 0 Å². The molecule has 0 spiro atoms. The fourth-order valence-corrected chi connectivity index (χ4v) is 1.84. The largest absolute Gasteiger partial charge is 0.376 e. The number of halogens is 1. The van der Waals surface area contributed by atoms with E-state index in [0.29, 0.717) is 18.4 Å². The van der Waals surface area contributed by atoms with Gasteiger partial charge in [0.15, 0.2) is 0 Å². The Labute approximate surface area is 105 Å². The number of anilines is 2. The van der Waals surface area contributed by atoms with Gasteiger partial charge in [-0.25, -0.2) is 0 Å². The third-order valence-electron chi connectivity index (χ3n) is 2.45. The number of rotatable bonds is 5. The summed E-state index contributed by atoms with van der Waals surface area (Å²) in [4.78, 5) is 12.2. The molecule has 0 bridgehead atoms. The Morgan fingerprint density at radius 1 is 1.29 bits per heavy atom. The van der Waals surface area contributed by atoms with Crippen molar-refractivity contribution in [2.75, 3.05) is 30.3 Å². The molecule has 17 heavy (non-hydrogen) atoms. The van der Waals surface area contributed by atoms with Gasteiger partial charge in [-0.1, -0.05) is 0 Å². The number of ether oxygens (including phenoxy) is 1. The zero-order valence-electron chi connectivity index (χ0n) is 9.74. The molecule has 1 aromatic heterocycles. The highest BCUT2D eigenvalue weighted by atomic mass is 35.5. The van der Waals surface area contributed by atoms with E-state index in [9.17, 15) is 0 Å². The van der Waals surface area contributed by atoms with Crippen LogP contribution in [0.25, 0.3) is 0 Å². The number of hydrogen-bond acceptors (Lipinski definition) is 6. The maximum atomic E-state index is 5.81. The van der Waals surface area contributed by atoms with E-state index < -0.39 is 0 Å². The number of nitrogens with zero attached hydrogens (tertiary/aromatic N) is 3. The molecule has 0 aliphatic carbocycles. The third kappa shape index (κ3) is 3.67. The molecular weight excluding hydrogens is 242 g/mol. The van der Waals surface area contributed by atoms with Gasteiger partial charge in [-0.15, -0.1) is 0 Å². The van der Waals surface area contributed by atoms with Crippen molar-refractivity contribution in [1.82, 2.24) is 15.0 Å². The van der Waals surface area contributed by atoms with Crippen molar-refractivity contribution in [3.8, 4) is 0 Å². The second-order valence-electron chi connectivity index (χ2n) is 3.80. The van der Waals surface area contributed by atoms with E-state index in [0.717, 1.165) is 26.0 Å². The summed E-state index contributed by atoms with van der Waals surface area (Å²) in [5.74, 6) is 0.971. The Bertz CT molecular complexity index is 370. The molecular formula is C10H16ClN5O. The monoisotopic (exact) mass is 257 g/mol. The highest BCUT2D eigenvalue weighted by Crippen LogP contribution is 2.13. The molecule has 94 valence electrons. The Morgan fingerprint density at radius 3 is 2.71 bits per heavy atom. The predicted octanol–water partition coefficient (Wildman–Crippen LogP) is 1.55. The summed E-state index contributed by atoms with van der Waals surface area (Å²) in [7, 11) is 0. The maximum Gasteiger partial charge on any atom is 0.228 e. The van der Waals surface area contributed by atoms with E-state index in [-0.39, 0.29) is 11.4 Å². The average Bonchev–Trinajstić information content (AvgIpc) is 2.79. The second-order valence-corrected chi connectivity index (χ2v) is 4.14. The van der Waals surface area contributed by atoms with Crippen molar-refractivity contribution in [1.29, 1.82) is 0 Å². The molecule has 2 N–H and O–H groups in total. The van der Waals surface area contributed by atoms with Crippen LogP contribution in [0.5, 0.6) is 0 Å². The molecule has 1 atom stereocenters. The van der Waals surface area contributed by atoms with Gasteiger partial charge in [-0.2, -0.15) is 15.0 Å². The summed E-state index contributed by atoms with van der Waals surface area (Å²) in [6.45, 7) is 4.25. The van der Waals surface area contributed by atoms with Crippen LogP contribution < -0.4 is 10.6 Å². The fraction of sp³-hybridized carbons (Fsp3) is 0.700. The molecule has 1 aliphatic rings. The summed E-state index contributed by atoms with van der Waals surface area (Å²) in [5, 5.41) is 6.30. The Balaban J connectivity index is 1.94. The van der Waals surface area contributed by atoms with E-state index in [1.165, 1.54) is 0 Å². The topological polar surface area (TPSA) is 72.0 Å². The second kappa shape index (κ2) is 5.97. The minimum atomic E-state index is 0.186. The first kappa shape index (κ1) is 12.3. The molecule has 0 amide bonds. The van der Waals surface area contributed by atoms with Crippen molar-refractivity contribution in [3.63, 3.8) is 0 Å². The first-order valence-corrected chi connectivity index (χ1v) is 6.16. The molecule has 1 aromatic rings. The van der Waals surface area contributed by atoms with Crippen LogP contribution in [0.1, 0.15) is 19.8 Å². The van der Waals surface area contributed by atoms with Crippen molar-refractivity contribution in [2.45, 2.75) is 25.9 Å². The molecule has 0 aromatic carbocycles. The van der Waals surface area contributed by atoms with Crippen molar-refractivity contribution in [3.05, 3.63) is 5.28 Å². The maximum absolute atomic E-state index is 5.81. The lowest BCUT2D eigenvalue weighted by atomic mass is 10.2. The third-order valence-corrected chi connectivity index (χ3v) is 2.62. The van der Waals surface area contributed by atoms with Gasteiger partial charge in [-0.05, 0) is 31.4 Å². The molecule has 6 nitrogen and oxygen atoms in total. The molecule has 7 heteroatoms. The predicted molar refractivity (Wildman–Crippen MR) is 66.5 cm³/mol. The molecule has 0 radical (unpaired) electrons. The van der Waals surface area contributed by atoms with Gasteiger partial charge in [0.05, 0.1) is 6.10 Å². The normalized spacial score (nSPS) is 19.3. The highest BCUT2D eigenvalue weighted by Gasteiger charge is 2.15. The zero-order valence-corrected chi connectivity index (χ0v) is 10.5. The number of aromatic nitrogens is 3. The van der Waals surface area contributed by atoms with Gasteiger partial charge in [0.1, 0.15) is 0 Å². The number of hydrogen-bond donors (Lipinski definition) is 2. The van der Waals surface area contributed by atoms with Crippen LogP contribution in [-0.2, 0) is 4.74 Å². The summed E-state index contributed by atoms with van der Waals surface area (Å²) >= 11 is 5.81. The first-order chi connectivity index (χ1) is 8.28. The van der Waals surface area contributed by atoms with E-state index in [2.05, 4.69) is 25.6 Å². The number of nitrogens with one attached hydrogen (secondary N) is 2. The Morgan fingerprint density at radius 2 is 2.06 bits per heavy atom. The highest BCUT2D eigenvalue weighted by molar-refractivity contribution is 6.28. The van der Waals surface area contributed by atoms with Crippen molar-refractivity contribution < 1.29 is 4.74 Å². The Kier molecular flexibility index (Phi) is 4.33. The van der Waals surface area contributed by atoms with Gasteiger partial charge in [-0.3, -0.25) is 0 Å². The van der Waals surface area contributed by atoms with Crippen LogP contribution >= 0.6 is 11.6 Å². The summed E-state index contributed by atoms with van der Waals surface area (Å²) < 4.78 is 5.50. The van der Waals surface area contributed by atoms with Gasteiger partial charge >= 0.3 is 0 Å². The van der Waals surface area contributed by atoms with E-state index in [4.69, 9.17) is 16.3 Å². The SMILES string of the molecule is CCNc1nc(Cl)nc(NCC2CCCO2)n1. The zero-order chi connectivity index (χ0) is 12.1. The Hall–Kier alpha value is -1.14. The lowest BCUT2D eigenvalue weighted by Crippen LogP contribution is -2.20. The lowest BCUT2D eigenvalue weighted by Gasteiger charge is -2.11. The summed E-state index contributed by atoms with van der Waals surface area (Å²) in [6.07, 6.45) is 2.44. The minimum Gasteiger partial charge on any atom is -0.376 e. The average molecular weight is 258 g/mol. The van der Waals surface area contributed by atoms with E-state index in [1.807, 2.05) is 6.92 Å². The molecule has 1 unspecified atom stereocenters. The lowest BCUT2D eigenvalue weighted by molar-refractivity contribution is 0.120. The standard InChI is InChI=1S/C10H16ClN5O/c1-2-12-9-14-8(11)15-10(16-9)13-6-7-4-3-5-17-7/h7H,2-6H2,1H3,(H2,12,13,14,15,16). The molecule has 1 fully saturated rings. The van der Waals surface area contributed by atoms with Crippen LogP contribution in [0.15, 0.2) is 0 Å². The molecule has 0 saturated carbocycles. The summed E-state index contributed by atoms with van der Waals surface area (Å²) in [5.41, 5.74) is 0. The first-order valence-electron chi connectivity index (χ1n) is 5.79. The van der Waals surface area contributed by atoms with Gasteiger partial charge in [0.2, 0.25) is 17.2 Å². The smallest absolute Gasteiger partial charge is 0.228 e. The molecule has 2 heterocycles. The molecule has 1 saturated heterocycles. The van der Waals surface area contributed by atoms with Crippen molar-refractivity contribution in [2.24, 2.45) is 0 Å². The van der Waals surface area contributed by atoms with Gasteiger partial charge < -0.3 is 15.4 Å². The van der Waals surface area contributed by atoms with E-state index in [1.54, 1.807) is 0 Å². The fourth-order valence-electron chi connectivity index (χ4n) is 1.68. The van der Waals surface area contributed by atoms with Crippen LogP contribution in [0.3, 0.4) is 0 Å². The van der Waals surface area contributed by atoms with Crippen molar-refractivity contribution >= 4 is 23.5 Å². The van der Waals surface area contributed by atoms with Crippen LogP contribution in [-0.4, -0.2) is 40.8 Å². The van der Waals surface area contributed by atoms with Crippen LogP contribution in [0.2, 0.25) is 5.28 Å². The summed E-state index contributed by atoms with van der Waals surface area (Å²) in [6, 6.07) is 0. The van der Waals surface area contributed by atoms with Gasteiger partial charge in [0, 0.05) is 19.7 Å². The minimum absolute atomic E-state index is 0.186.